The molecule has 20 heavy (non-hydrogen) atoms. The molecule has 108 valence electrons. The molecule has 0 aliphatic heterocycles. The lowest BCUT2D eigenvalue weighted by Gasteiger charge is -2.25. The fraction of sp³-hybridized carbons (Fsp3) is 0.333. The van der Waals surface area contributed by atoms with E-state index < -0.39 is 5.97 Å². The smallest absolute Gasteiger partial charge is 0.323 e. The molecule has 1 aromatic rings. The number of aliphatic carboxylic acids is 1. The van der Waals surface area contributed by atoms with Crippen LogP contribution in [0.3, 0.4) is 0 Å². The van der Waals surface area contributed by atoms with Crippen molar-refractivity contribution in [2.75, 3.05) is 6.54 Å². The number of carbonyl (C=O) groups excluding carboxylic acids is 1. The highest BCUT2D eigenvalue weighted by Gasteiger charge is 2.19. The van der Waals surface area contributed by atoms with Gasteiger partial charge in [-0.1, -0.05) is 30.7 Å². The third-order valence-electron chi connectivity index (χ3n) is 2.98. The summed E-state index contributed by atoms with van der Waals surface area (Å²) in [7, 11) is 0. The molecule has 0 radical (unpaired) electrons. The molecule has 0 fully saturated rings. The van der Waals surface area contributed by atoms with E-state index >= 15 is 0 Å². The maximum absolute atomic E-state index is 12.1. The molecule has 1 rings (SSSR count). The van der Waals surface area contributed by atoms with Gasteiger partial charge in [0, 0.05) is 17.1 Å². The number of rotatable bonds is 6. The van der Waals surface area contributed by atoms with E-state index in [1.165, 1.54) is 11.0 Å². The van der Waals surface area contributed by atoms with Crippen LogP contribution in [0.1, 0.15) is 25.8 Å². The van der Waals surface area contributed by atoms with Gasteiger partial charge in [-0.25, -0.2) is 0 Å². The quantitative estimate of drug-likeness (QED) is 0.821. The van der Waals surface area contributed by atoms with Gasteiger partial charge in [-0.15, -0.1) is 0 Å². The van der Waals surface area contributed by atoms with Gasteiger partial charge < -0.3 is 10.0 Å². The Morgan fingerprint density at radius 2 is 2.15 bits per heavy atom. The van der Waals surface area contributed by atoms with Gasteiger partial charge in [0.15, 0.2) is 0 Å². The van der Waals surface area contributed by atoms with Crippen molar-refractivity contribution >= 4 is 29.6 Å². The zero-order chi connectivity index (χ0) is 15.1. The Kier molecular flexibility index (Phi) is 6.25. The SMILES string of the molecule is CCC(C)N(CC(=O)O)C(=O)/C=C/c1cccc(Cl)c1. The molecule has 0 aliphatic carbocycles. The molecule has 0 bridgehead atoms. The predicted octanol–water partition coefficient (Wildman–Crippen LogP) is 3.06. The molecule has 0 heterocycles. The van der Waals surface area contributed by atoms with Gasteiger partial charge in [-0.2, -0.15) is 0 Å². The average molecular weight is 296 g/mol. The van der Waals surface area contributed by atoms with Crippen molar-refractivity contribution in [3.8, 4) is 0 Å². The van der Waals surface area contributed by atoms with Crippen LogP contribution in [0, 0.1) is 0 Å². The van der Waals surface area contributed by atoms with Crippen molar-refractivity contribution in [2.24, 2.45) is 0 Å². The van der Waals surface area contributed by atoms with Gasteiger partial charge in [-0.05, 0) is 37.1 Å². The van der Waals surface area contributed by atoms with Crippen molar-refractivity contribution in [1.82, 2.24) is 4.90 Å². The van der Waals surface area contributed by atoms with Gasteiger partial charge in [0.1, 0.15) is 6.54 Å². The second-order valence-corrected chi connectivity index (χ2v) is 4.94. The fourth-order valence-electron chi connectivity index (χ4n) is 1.69. The second kappa shape index (κ2) is 7.70. The van der Waals surface area contributed by atoms with E-state index in [-0.39, 0.29) is 18.5 Å². The lowest BCUT2D eigenvalue weighted by Crippen LogP contribution is -2.40. The minimum atomic E-state index is -1.02. The standard InChI is InChI=1S/C15H18ClNO3/c1-3-11(2)17(10-15(19)20)14(18)8-7-12-5-4-6-13(16)9-12/h4-9,11H,3,10H2,1-2H3,(H,19,20)/b8-7+. The van der Waals surface area contributed by atoms with E-state index in [9.17, 15) is 9.59 Å². The molecule has 1 atom stereocenters. The van der Waals surface area contributed by atoms with Crippen LogP contribution in [-0.2, 0) is 9.59 Å². The zero-order valence-electron chi connectivity index (χ0n) is 11.5. The summed E-state index contributed by atoms with van der Waals surface area (Å²) in [6.07, 6.45) is 3.70. The zero-order valence-corrected chi connectivity index (χ0v) is 12.3. The molecule has 1 aromatic carbocycles. The third kappa shape index (κ3) is 5.05. The van der Waals surface area contributed by atoms with E-state index in [4.69, 9.17) is 16.7 Å². The largest absolute Gasteiger partial charge is 0.480 e. The molecular formula is C15H18ClNO3. The van der Waals surface area contributed by atoms with Crippen molar-refractivity contribution in [3.63, 3.8) is 0 Å². The molecule has 1 N–H and O–H groups in total. The highest BCUT2D eigenvalue weighted by Crippen LogP contribution is 2.12. The van der Waals surface area contributed by atoms with Crippen molar-refractivity contribution in [2.45, 2.75) is 26.3 Å². The maximum Gasteiger partial charge on any atom is 0.323 e. The number of halogens is 1. The van der Waals surface area contributed by atoms with Crippen LogP contribution in [0.5, 0.6) is 0 Å². The molecule has 5 heteroatoms. The first kappa shape index (κ1) is 16.2. The Hall–Kier alpha value is -1.81. The first-order chi connectivity index (χ1) is 9.43. The van der Waals surface area contributed by atoms with Gasteiger partial charge in [0.25, 0.3) is 0 Å². The lowest BCUT2D eigenvalue weighted by molar-refractivity contribution is -0.144. The number of benzene rings is 1. The van der Waals surface area contributed by atoms with E-state index in [1.54, 1.807) is 24.3 Å². The van der Waals surface area contributed by atoms with E-state index in [0.29, 0.717) is 11.4 Å². The minimum absolute atomic E-state index is 0.123. The summed E-state index contributed by atoms with van der Waals surface area (Å²) >= 11 is 5.86. The first-order valence-electron chi connectivity index (χ1n) is 6.40. The molecule has 1 unspecified atom stereocenters. The van der Waals surface area contributed by atoms with Crippen LogP contribution in [0.4, 0.5) is 0 Å². The fourth-order valence-corrected chi connectivity index (χ4v) is 1.89. The van der Waals surface area contributed by atoms with E-state index in [0.717, 1.165) is 5.56 Å². The number of amides is 1. The number of hydrogen-bond donors (Lipinski definition) is 1. The number of nitrogens with zero attached hydrogens (tertiary/aromatic N) is 1. The second-order valence-electron chi connectivity index (χ2n) is 4.51. The molecule has 0 saturated carbocycles. The molecule has 0 aromatic heterocycles. The van der Waals surface area contributed by atoms with E-state index in [1.807, 2.05) is 19.9 Å². The molecule has 0 aliphatic rings. The average Bonchev–Trinajstić information content (AvgIpc) is 2.41. The van der Waals surface area contributed by atoms with Gasteiger partial charge in [0.2, 0.25) is 5.91 Å². The summed E-state index contributed by atoms with van der Waals surface area (Å²) in [6.45, 7) is 3.44. The highest BCUT2D eigenvalue weighted by atomic mass is 35.5. The van der Waals surface area contributed by atoms with Gasteiger partial charge in [-0.3, -0.25) is 9.59 Å². The highest BCUT2D eigenvalue weighted by molar-refractivity contribution is 6.30. The summed E-state index contributed by atoms with van der Waals surface area (Å²) in [5.74, 6) is -1.34. The summed E-state index contributed by atoms with van der Waals surface area (Å²) in [4.78, 5) is 24.2. The van der Waals surface area contributed by atoms with Gasteiger partial charge in [0.05, 0.1) is 0 Å². The number of carbonyl (C=O) groups is 2. The maximum atomic E-state index is 12.1. The number of carboxylic acids is 1. The van der Waals surface area contributed by atoms with Crippen LogP contribution < -0.4 is 0 Å². The molecule has 0 saturated heterocycles. The summed E-state index contributed by atoms with van der Waals surface area (Å²) in [6, 6.07) is 6.96. The van der Waals surface area contributed by atoms with E-state index in [2.05, 4.69) is 0 Å². The predicted molar refractivity (Wildman–Crippen MR) is 79.6 cm³/mol. The molecule has 1 amide bonds. The monoisotopic (exact) mass is 295 g/mol. The Labute approximate surface area is 123 Å². The number of hydrogen-bond acceptors (Lipinski definition) is 2. The van der Waals surface area contributed by atoms with Crippen molar-refractivity contribution < 1.29 is 14.7 Å². The van der Waals surface area contributed by atoms with Crippen LogP contribution in [0.25, 0.3) is 6.08 Å². The van der Waals surface area contributed by atoms with Crippen LogP contribution in [-0.4, -0.2) is 34.5 Å². The molecule has 0 spiro atoms. The summed E-state index contributed by atoms with van der Waals surface area (Å²) < 4.78 is 0. The Bertz CT molecular complexity index is 514. The minimum Gasteiger partial charge on any atom is -0.480 e. The molecular weight excluding hydrogens is 278 g/mol. The van der Waals surface area contributed by atoms with Crippen LogP contribution in [0.15, 0.2) is 30.3 Å². The van der Waals surface area contributed by atoms with Crippen molar-refractivity contribution in [3.05, 3.63) is 40.9 Å². The Morgan fingerprint density at radius 3 is 2.70 bits per heavy atom. The van der Waals surface area contributed by atoms with Crippen LogP contribution >= 0.6 is 11.6 Å². The topological polar surface area (TPSA) is 57.6 Å². The van der Waals surface area contributed by atoms with Crippen molar-refractivity contribution in [1.29, 1.82) is 0 Å². The normalized spacial score (nSPS) is 12.3. The number of carboxylic acid groups (broad SMARTS) is 1. The third-order valence-corrected chi connectivity index (χ3v) is 3.21. The Morgan fingerprint density at radius 1 is 1.45 bits per heavy atom. The Balaban J connectivity index is 2.82. The van der Waals surface area contributed by atoms with Crippen LogP contribution in [0.2, 0.25) is 5.02 Å². The first-order valence-corrected chi connectivity index (χ1v) is 6.78. The lowest BCUT2D eigenvalue weighted by atomic mass is 10.2. The summed E-state index contributed by atoms with van der Waals surface area (Å²) in [5, 5.41) is 9.45. The molecule has 4 nitrogen and oxygen atoms in total. The van der Waals surface area contributed by atoms with Gasteiger partial charge >= 0.3 is 5.97 Å². The summed E-state index contributed by atoms with van der Waals surface area (Å²) in [5.41, 5.74) is 0.797.